The molecule has 9 nitrogen and oxygen atoms in total. The minimum absolute atomic E-state index is 0.0373. The van der Waals surface area contributed by atoms with E-state index in [1.807, 2.05) is 26.2 Å². The summed E-state index contributed by atoms with van der Waals surface area (Å²) in [4.78, 5) is 32.9. The van der Waals surface area contributed by atoms with Crippen molar-refractivity contribution in [1.29, 1.82) is 0 Å². The zero-order chi connectivity index (χ0) is 31.4. The standard InChI is InChI=1S/C31H43Cl2N5O4S/c1-36(2)30(40)31(15-17-35-18-16-31)38-19-5-4-6-25(38)11-7-24(23-10-14-27(32)28(33)20-23)21-37(3)29(39)22-8-12-26(13-9-22)43(34,41)42/h8-10,12-14,20,24-25,35H,4-7,11,15-19,21H2,1-3H3,(H2,34,41,42). The Morgan fingerprint density at radius 3 is 2.33 bits per heavy atom. The van der Waals surface area contributed by atoms with E-state index < -0.39 is 15.6 Å². The number of sulfonamides is 1. The number of rotatable bonds is 10. The lowest BCUT2D eigenvalue weighted by atomic mass is 9.80. The number of amides is 2. The third-order valence-electron chi connectivity index (χ3n) is 8.95. The normalized spacial score (nSPS) is 19.9. The van der Waals surface area contributed by atoms with Crippen molar-refractivity contribution in [2.75, 3.05) is 47.3 Å². The summed E-state index contributed by atoms with van der Waals surface area (Å²) in [6, 6.07) is 11.5. The number of primary sulfonamides is 1. The fraction of sp³-hybridized carbons (Fsp3) is 0.548. The monoisotopic (exact) mass is 651 g/mol. The number of likely N-dealkylation sites (N-methyl/N-ethyl adjacent to an activating group) is 2. The molecule has 12 heteroatoms. The number of hydrogen-bond acceptors (Lipinski definition) is 6. The Morgan fingerprint density at radius 2 is 1.72 bits per heavy atom. The smallest absolute Gasteiger partial charge is 0.253 e. The van der Waals surface area contributed by atoms with Gasteiger partial charge in [-0.05, 0) is 100 Å². The lowest BCUT2D eigenvalue weighted by molar-refractivity contribution is -0.148. The average Bonchev–Trinajstić information content (AvgIpc) is 2.99. The lowest BCUT2D eigenvalue weighted by Crippen LogP contribution is -2.66. The predicted molar refractivity (Wildman–Crippen MR) is 171 cm³/mol. The van der Waals surface area contributed by atoms with Crippen LogP contribution in [0.25, 0.3) is 0 Å². The first kappa shape index (κ1) is 33.7. The van der Waals surface area contributed by atoms with Gasteiger partial charge in [0, 0.05) is 45.2 Å². The number of nitrogens with two attached hydrogens (primary N) is 1. The molecule has 2 aromatic rings. The third kappa shape index (κ3) is 7.90. The fourth-order valence-corrected chi connectivity index (χ4v) is 7.51. The van der Waals surface area contributed by atoms with E-state index in [0.717, 1.165) is 70.1 Å². The Hall–Kier alpha value is -2.21. The molecule has 236 valence electrons. The molecule has 0 saturated carbocycles. The molecule has 2 amide bonds. The molecule has 43 heavy (non-hydrogen) atoms. The molecule has 4 rings (SSSR count). The first-order valence-corrected chi connectivity index (χ1v) is 17.2. The summed E-state index contributed by atoms with van der Waals surface area (Å²) in [5.74, 6) is -0.0824. The molecule has 0 aliphatic carbocycles. The van der Waals surface area contributed by atoms with Crippen LogP contribution in [0.4, 0.5) is 0 Å². The van der Waals surface area contributed by atoms with Gasteiger partial charge in [0.25, 0.3) is 5.91 Å². The molecule has 2 aliphatic heterocycles. The molecule has 2 fully saturated rings. The van der Waals surface area contributed by atoms with Crippen LogP contribution < -0.4 is 10.5 Å². The maximum Gasteiger partial charge on any atom is 0.253 e. The SMILES string of the molecule is CN(C)C(=O)C1(N2CCCCC2CCC(CN(C)C(=O)c2ccc(S(N)(=O)=O)cc2)c2ccc(Cl)c(Cl)c2)CCNCC1. The van der Waals surface area contributed by atoms with Gasteiger partial charge in [0.2, 0.25) is 15.9 Å². The fourth-order valence-electron chi connectivity index (χ4n) is 6.69. The molecule has 2 saturated heterocycles. The first-order chi connectivity index (χ1) is 20.3. The van der Waals surface area contributed by atoms with Crippen molar-refractivity contribution in [2.45, 2.75) is 67.3 Å². The molecule has 2 aromatic carbocycles. The van der Waals surface area contributed by atoms with E-state index in [-0.39, 0.29) is 28.7 Å². The second-order valence-electron chi connectivity index (χ2n) is 12.0. The van der Waals surface area contributed by atoms with Crippen LogP contribution in [0, 0.1) is 0 Å². The predicted octanol–water partition coefficient (Wildman–Crippen LogP) is 4.34. The molecule has 2 heterocycles. The average molecular weight is 653 g/mol. The van der Waals surface area contributed by atoms with Gasteiger partial charge in [0.1, 0.15) is 5.54 Å². The Morgan fingerprint density at radius 1 is 1.05 bits per heavy atom. The van der Waals surface area contributed by atoms with Gasteiger partial charge in [0.15, 0.2) is 0 Å². The van der Waals surface area contributed by atoms with Crippen LogP contribution in [0.2, 0.25) is 10.0 Å². The minimum Gasteiger partial charge on any atom is -0.347 e. The van der Waals surface area contributed by atoms with Crippen molar-refractivity contribution in [3.63, 3.8) is 0 Å². The highest BCUT2D eigenvalue weighted by Gasteiger charge is 2.48. The van der Waals surface area contributed by atoms with Crippen LogP contribution in [0.3, 0.4) is 0 Å². The maximum atomic E-state index is 13.7. The first-order valence-electron chi connectivity index (χ1n) is 14.9. The number of carbonyl (C=O) groups is 2. The number of nitrogens with one attached hydrogen (secondary N) is 1. The maximum absolute atomic E-state index is 13.7. The topological polar surface area (TPSA) is 116 Å². The third-order valence-corrected chi connectivity index (χ3v) is 10.6. The van der Waals surface area contributed by atoms with Gasteiger partial charge in [0.05, 0.1) is 14.9 Å². The molecule has 0 radical (unpaired) electrons. The zero-order valence-corrected chi connectivity index (χ0v) is 27.5. The summed E-state index contributed by atoms with van der Waals surface area (Å²) >= 11 is 12.7. The number of piperidine rings is 2. The zero-order valence-electron chi connectivity index (χ0n) is 25.2. The number of benzene rings is 2. The van der Waals surface area contributed by atoms with Crippen LogP contribution in [0.15, 0.2) is 47.4 Å². The lowest BCUT2D eigenvalue weighted by Gasteiger charge is -2.51. The van der Waals surface area contributed by atoms with E-state index in [0.29, 0.717) is 22.2 Å². The van der Waals surface area contributed by atoms with Gasteiger partial charge in [-0.2, -0.15) is 0 Å². The molecule has 2 aliphatic rings. The molecule has 0 spiro atoms. The van der Waals surface area contributed by atoms with Gasteiger partial charge < -0.3 is 15.1 Å². The van der Waals surface area contributed by atoms with Crippen LogP contribution >= 0.6 is 23.2 Å². The number of likely N-dealkylation sites (tertiary alicyclic amines) is 1. The molecular formula is C31H43Cl2N5O4S. The molecule has 3 N–H and O–H groups in total. The highest BCUT2D eigenvalue weighted by molar-refractivity contribution is 7.89. The quantitative estimate of drug-likeness (QED) is 0.395. The Bertz CT molecular complexity index is 1400. The largest absolute Gasteiger partial charge is 0.347 e. The van der Waals surface area contributed by atoms with Crippen molar-refractivity contribution in [1.82, 2.24) is 20.0 Å². The van der Waals surface area contributed by atoms with E-state index in [1.54, 1.807) is 22.9 Å². The summed E-state index contributed by atoms with van der Waals surface area (Å²) in [5.41, 5.74) is 0.854. The number of halogens is 2. The second kappa shape index (κ2) is 14.3. The van der Waals surface area contributed by atoms with E-state index in [9.17, 15) is 18.0 Å². The summed E-state index contributed by atoms with van der Waals surface area (Å²) in [7, 11) is 1.59. The van der Waals surface area contributed by atoms with Crippen molar-refractivity contribution < 1.29 is 18.0 Å². The van der Waals surface area contributed by atoms with E-state index in [4.69, 9.17) is 28.3 Å². The molecule has 0 aromatic heterocycles. The van der Waals surface area contributed by atoms with Crippen molar-refractivity contribution >= 4 is 45.0 Å². The minimum atomic E-state index is -3.85. The Balaban J connectivity index is 1.56. The number of nitrogens with zero attached hydrogens (tertiary/aromatic N) is 3. The van der Waals surface area contributed by atoms with Crippen LogP contribution in [-0.4, -0.2) is 93.8 Å². The van der Waals surface area contributed by atoms with E-state index in [1.165, 1.54) is 24.3 Å². The summed E-state index contributed by atoms with van der Waals surface area (Å²) < 4.78 is 23.3. The van der Waals surface area contributed by atoms with Gasteiger partial charge in [-0.1, -0.05) is 35.7 Å². The van der Waals surface area contributed by atoms with E-state index >= 15 is 0 Å². The van der Waals surface area contributed by atoms with Gasteiger partial charge in [-0.25, -0.2) is 13.6 Å². The molecule has 2 unspecified atom stereocenters. The van der Waals surface area contributed by atoms with Crippen molar-refractivity contribution in [3.8, 4) is 0 Å². The van der Waals surface area contributed by atoms with Crippen LogP contribution in [0.1, 0.15) is 66.8 Å². The number of carbonyl (C=O) groups excluding carboxylic acids is 2. The highest BCUT2D eigenvalue weighted by Crippen LogP contribution is 2.38. The summed E-state index contributed by atoms with van der Waals surface area (Å²) in [5, 5.41) is 9.58. The molecular weight excluding hydrogens is 609 g/mol. The van der Waals surface area contributed by atoms with Crippen LogP contribution in [0.5, 0.6) is 0 Å². The van der Waals surface area contributed by atoms with Gasteiger partial charge in [-0.15, -0.1) is 0 Å². The van der Waals surface area contributed by atoms with Gasteiger partial charge in [-0.3, -0.25) is 14.5 Å². The summed E-state index contributed by atoms with van der Waals surface area (Å²) in [6.07, 6.45) is 6.45. The summed E-state index contributed by atoms with van der Waals surface area (Å²) in [6.45, 7) is 2.96. The highest BCUT2D eigenvalue weighted by atomic mass is 35.5. The van der Waals surface area contributed by atoms with Crippen LogP contribution in [-0.2, 0) is 14.8 Å². The Kier molecular flexibility index (Phi) is 11.2. The van der Waals surface area contributed by atoms with Crippen molar-refractivity contribution in [3.05, 3.63) is 63.6 Å². The Labute approximate surface area is 265 Å². The van der Waals surface area contributed by atoms with Gasteiger partial charge >= 0.3 is 0 Å². The molecule has 0 bridgehead atoms. The number of hydrogen-bond donors (Lipinski definition) is 2. The van der Waals surface area contributed by atoms with Crippen molar-refractivity contribution in [2.24, 2.45) is 5.14 Å². The molecule has 2 atom stereocenters. The van der Waals surface area contributed by atoms with E-state index in [2.05, 4.69) is 10.2 Å². The second-order valence-corrected chi connectivity index (χ2v) is 14.4.